The molecule has 1 saturated heterocycles. The molecule has 0 spiro atoms. The molecule has 7 nitrogen and oxygen atoms in total. The standard InChI is InChI=1S/C26H28N4O3/c1-28(2)16-24(31)27-22-9-10-23-21-11-17(14-30(23)26(22)33)13-29(15-21)25(32)20-8-7-18-5-3-4-6-19(18)12-20/h3-10,12,17,21H,11,13-16H2,1-2H3,(H,27,31)/p+1/t17-,21+/m0/s1. The van der Waals surface area contributed by atoms with Crippen LogP contribution in [0.1, 0.15) is 28.4 Å². The number of pyridine rings is 1. The number of anilines is 1. The van der Waals surface area contributed by atoms with E-state index in [1.165, 1.54) is 0 Å². The smallest absolute Gasteiger partial charge is 0.279 e. The van der Waals surface area contributed by atoms with E-state index in [-0.39, 0.29) is 29.2 Å². The second-order valence-electron chi connectivity index (χ2n) is 9.59. The Bertz CT molecular complexity index is 1300. The molecule has 2 atom stereocenters. The minimum atomic E-state index is -0.171. The Hall–Kier alpha value is -3.45. The molecule has 0 aliphatic carbocycles. The van der Waals surface area contributed by atoms with Crippen LogP contribution < -0.4 is 15.8 Å². The summed E-state index contributed by atoms with van der Waals surface area (Å²) in [5, 5.41) is 4.94. The van der Waals surface area contributed by atoms with Gasteiger partial charge in [-0.1, -0.05) is 30.3 Å². The number of quaternary nitrogens is 1. The number of benzene rings is 2. The molecule has 2 aromatic carbocycles. The molecular weight excluding hydrogens is 416 g/mol. The number of rotatable bonds is 4. The third kappa shape index (κ3) is 4.16. The van der Waals surface area contributed by atoms with Crippen LogP contribution in [0.5, 0.6) is 0 Å². The first-order valence-electron chi connectivity index (χ1n) is 11.5. The Morgan fingerprint density at radius 3 is 2.58 bits per heavy atom. The van der Waals surface area contributed by atoms with Gasteiger partial charge >= 0.3 is 0 Å². The summed E-state index contributed by atoms with van der Waals surface area (Å²) in [4.78, 5) is 41.5. The Morgan fingerprint density at radius 2 is 1.79 bits per heavy atom. The number of likely N-dealkylation sites (N-methyl/N-ethyl adjacent to an activating group) is 1. The van der Waals surface area contributed by atoms with Crippen LogP contribution in [-0.4, -0.2) is 55.0 Å². The second kappa shape index (κ2) is 8.48. The molecule has 2 aliphatic heterocycles. The number of carbonyl (C=O) groups is 2. The third-order valence-electron chi connectivity index (χ3n) is 6.68. The Kier molecular flexibility index (Phi) is 5.50. The molecule has 0 unspecified atom stereocenters. The van der Waals surface area contributed by atoms with Gasteiger partial charge in [0, 0.05) is 36.8 Å². The maximum absolute atomic E-state index is 13.3. The molecule has 5 rings (SSSR count). The van der Waals surface area contributed by atoms with Crippen LogP contribution in [0.15, 0.2) is 59.4 Å². The van der Waals surface area contributed by atoms with E-state index in [1.807, 2.05) is 67.5 Å². The van der Waals surface area contributed by atoms with Crippen LogP contribution in [0.25, 0.3) is 10.8 Å². The quantitative estimate of drug-likeness (QED) is 0.637. The number of nitrogens with one attached hydrogen (secondary N) is 2. The molecule has 2 aliphatic rings. The lowest BCUT2D eigenvalue weighted by molar-refractivity contribution is -0.849. The van der Waals surface area contributed by atoms with Crippen molar-refractivity contribution in [1.82, 2.24) is 9.47 Å². The first kappa shape index (κ1) is 21.4. The second-order valence-corrected chi connectivity index (χ2v) is 9.59. The van der Waals surface area contributed by atoms with Gasteiger partial charge in [-0.2, -0.15) is 0 Å². The molecule has 0 saturated carbocycles. The summed E-state index contributed by atoms with van der Waals surface area (Å²) in [5.74, 6) is 0.207. The summed E-state index contributed by atoms with van der Waals surface area (Å²) in [7, 11) is 3.79. The van der Waals surface area contributed by atoms with E-state index in [1.54, 1.807) is 10.6 Å². The van der Waals surface area contributed by atoms with Crippen molar-refractivity contribution in [1.29, 1.82) is 0 Å². The zero-order valence-corrected chi connectivity index (χ0v) is 19.0. The van der Waals surface area contributed by atoms with Crippen molar-refractivity contribution in [2.24, 2.45) is 5.92 Å². The average Bonchev–Trinajstić information content (AvgIpc) is 2.80. The summed E-state index contributed by atoms with van der Waals surface area (Å²) < 4.78 is 1.80. The van der Waals surface area contributed by atoms with E-state index < -0.39 is 0 Å². The van der Waals surface area contributed by atoms with Crippen molar-refractivity contribution in [2.75, 3.05) is 39.0 Å². The number of nitrogens with zero attached hydrogens (tertiary/aromatic N) is 2. The molecule has 0 radical (unpaired) electrons. The largest absolute Gasteiger partial charge is 0.338 e. The number of hydrogen-bond acceptors (Lipinski definition) is 3. The molecule has 170 valence electrons. The van der Waals surface area contributed by atoms with Crippen molar-refractivity contribution in [3.05, 3.63) is 76.2 Å². The normalized spacial score (nSPS) is 19.4. The highest BCUT2D eigenvalue weighted by Crippen LogP contribution is 2.36. The Labute approximate surface area is 192 Å². The van der Waals surface area contributed by atoms with Crippen LogP contribution in [0.4, 0.5) is 5.69 Å². The molecule has 33 heavy (non-hydrogen) atoms. The fraction of sp³-hybridized carbons (Fsp3) is 0.346. The summed E-state index contributed by atoms with van der Waals surface area (Å²) in [6.45, 7) is 2.10. The molecular formula is C26H29N4O3+. The molecule has 7 heteroatoms. The zero-order valence-electron chi connectivity index (χ0n) is 19.0. The van der Waals surface area contributed by atoms with Crippen molar-refractivity contribution < 1.29 is 14.5 Å². The van der Waals surface area contributed by atoms with Gasteiger partial charge in [-0.05, 0) is 47.4 Å². The van der Waals surface area contributed by atoms with Crippen molar-refractivity contribution in [3.8, 4) is 0 Å². The van der Waals surface area contributed by atoms with Crippen LogP contribution >= 0.6 is 0 Å². The van der Waals surface area contributed by atoms with E-state index in [4.69, 9.17) is 0 Å². The van der Waals surface area contributed by atoms with E-state index in [0.717, 1.165) is 27.8 Å². The number of likely N-dealkylation sites (tertiary alicyclic amines) is 1. The lowest BCUT2D eigenvalue weighted by Crippen LogP contribution is -3.06. The van der Waals surface area contributed by atoms with Crippen LogP contribution in [0.2, 0.25) is 0 Å². The van der Waals surface area contributed by atoms with Gasteiger partial charge in [0.2, 0.25) is 0 Å². The minimum Gasteiger partial charge on any atom is -0.338 e. The highest BCUT2D eigenvalue weighted by molar-refractivity contribution is 5.98. The lowest BCUT2D eigenvalue weighted by atomic mass is 9.83. The fourth-order valence-electron chi connectivity index (χ4n) is 5.23. The van der Waals surface area contributed by atoms with E-state index in [2.05, 4.69) is 5.32 Å². The zero-order chi connectivity index (χ0) is 23.1. The van der Waals surface area contributed by atoms with E-state index in [0.29, 0.717) is 37.4 Å². The maximum Gasteiger partial charge on any atom is 0.279 e. The summed E-state index contributed by atoms with van der Waals surface area (Å²) in [5.41, 5.74) is 1.82. The van der Waals surface area contributed by atoms with Gasteiger partial charge in [0.1, 0.15) is 5.69 Å². The summed E-state index contributed by atoms with van der Waals surface area (Å²) in [6, 6.07) is 17.5. The maximum atomic E-state index is 13.3. The molecule has 1 fully saturated rings. The minimum absolute atomic E-state index is 0.0429. The topological polar surface area (TPSA) is 75.8 Å². The molecule has 2 amide bonds. The Balaban J connectivity index is 1.37. The number of carbonyl (C=O) groups excluding carboxylic acids is 2. The van der Waals surface area contributed by atoms with Gasteiger partial charge in [-0.25, -0.2) is 0 Å². The average molecular weight is 446 g/mol. The van der Waals surface area contributed by atoms with Crippen molar-refractivity contribution in [3.63, 3.8) is 0 Å². The Morgan fingerprint density at radius 1 is 1.00 bits per heavy atom. The monoisotopic (exact) mass is 445 g/mol. The SMILES string of the molecule is C[NH+](C)CC(=O)Nc1ccc2n(c1=O)C[C@H]1C[C@@H]2CN(C(=O)c2ccc3ccccc3c2)C1. The number of hydrogen-bond donors (Lipinski definition) is 2. The predicted molar refractivity (Wildman–Crippen MR) is 128 cm³/mol. The van der Waals surface area contributed by atoms with Crippen LogP contribution in [-0.2, 0) is 11.3 Å². The summed E-state index contributed by atoms with van der Waals surface area (Å²) >= 11 is 0. The van der Waals surface area contributed by atoms with Crippen molar-refractivity contribution in [2.45, 2.75) is 18.9 Å². The van der Waals surface area contributed by atoms with Gasteiger partial charge in [-0.3, -0.25) is 14.4 Å². The molecule has 2 bridgehead atoms. The van der Waals surface area contributed by atoms with Crippen molar-refractivity contribution >= 4 is 28.3 Å². The number of aromatic nitrogens is 1. The van der Waals surface area contributed by atoms with Gasteiger partial charge < -0.3 is 19.7 Å². The van der Waals surface area contributed by atoms with Gasteiger partial charge in [-0.15, -0.1) is 0 Å². The number of fused-ring (bicyclic) bond motifs is 5. The third-order valence-corrected chi connectivity index (χ3v) is 6.68. The summed E-state index contributed by atoms with van der Waals surface area (Å²) in [6.07, 6.45) is 0.969. The van der Waals surface area contributed by atoms with Gasteiger partial charge in [0.15, 0.2) is 6.54 Å². The first-order valence-corrected chi connectivity index (χ1v) is 11.5. The fourth-order valence-corrected chi connectivity index (χ4v) is 5.23. The van der Waals surface area contributed by atoms with Gasteiger partial charge in [0.05, 0.1) is 14.1 Å². The number of amides is 2. The molecule has 3 heterocycles. The van der Waals surface area contributed by atoms with Gasteiger partial charge in [0.25, 0.3) is 17.4 Å². The molecule has 2 N–H and O–H groups in total. The highest BCUT2D eigenvalue weighted by atomic mass is 16.2. The first-order chi connectivity index (χ1) is 15.9. The van der Waals surface area contributed by atoms with Crippen LogP contribution in [0.3, 0.4) is 0 Å². The van der Waals surface area contributed by atoms with Crippen LogP contribution in [0, 0.1) is 5.92 Å². The van der Waals surface area contributed by atoms with E-state index >= 15 is 0 Å². The molecule has 3 aromatic rings. The number of piperidine rings is 1. The molecule has 1 aromatic heterocycles. The van der Waals surface area contributed by atoms with E-state index in [9.17, 15) is 14.4 Å². The highest BCUT2D eigenvalue weighted by Gasteiger charge is 2.37. The lowest BCUT2D eigenvalue weighted by Gasteiger charge is -2.43. The predicted octanol–water partition coefficient (Wildman–Crippen LogP) is 1.34.